The standard InChI is InChI=1S/C19H26O/c1-18-10-8-16-15(17(18)11-14(20)12-18)7-6-13-5-3-4-9-19(13,16)2/h7,11-13,16,20H,3-6,8-10H2,1-2H3/t13?,16-,18+,19-/m0/s1. The van der Waals surface area contributed by atoms with E-state index in [-0.39, 0.29) is 5.41 Å². The zero-order chi connectivity index (χ0) is 14.0. The Balaban J connectivity index is 1.77. The maximum atomic E-state index is 9.97. The van der Waals surface area contributed by atoms with Crippen LogP contribution in [0.2, 0.25) is 0 Å². The molecule has 2 fully saturated rings. The fourth-order valence-electron chi connectivity index (χ4n) is 5.65. The molecule has 0 aromatic rings. The van der Waals surface area contributed by atoms with Crippen LogP contribution in [0, 0.1) is 22.7 Å². The molecule has 0 aromatic carbocycles. The van der Waals surface area contributed by atoms with Gasteiger partial charge in [-0.1, -0.05) is 32.8 Å². The molecule has 2 saturated carbocycles. The minimum Gasteiger partial charge on any atom is -0.508 e. The summed E-state index contributed by atoms with van der Waals surface area (Å²) < 4.78 is 0. The molecule has 1 unspecified atom stereocenters. The van der Waals surface area contributed by atoms with Crippen molar-refractivity contribution >= 4 is 0 Å². The van der Waals surface area contributed by atoms with Crippen LogP contribution in [0.1, 0.15) is 58.8 Å². The van der Waals surface area contributed by atoms with E-state index in [2.05, 4.69) is 26.0 Å². The second kappa shape index (κ2) is 4.02. The highest BCUT2D eigenvalue weighted by molar-refractivity contribution is 5.52. The van der Waals surface area contributed by atoms with E-state index in [1.807, 2.05) is 6.08 Å². The predicted octanol–water partition coefficient (Wildman–Crippen LogP) is 5.31. The van der Waals surface area contributed by atoms with Gasteiger partial charge in [-0.15, -0.1) is 0 Å². The molecule has 0 spiro atoms. The molecule has 0 saturated heterocycles. The zero-order valence-corrected chi connectivity index (χ0v) is 12.8. The van der Waals surface area contributed by atoms with E-state index in [0.29, 0.717) is 11.2 Å². The molecule has 1 N–H and O–H groups in total. The van der Waals surface area contributed by atoms with Crippen molar-refractivity contribution in [3.05, 3.63) is 35.1 Å². The lowest BCUT2D eigenvalue weighted by Gasteiger charge is -2.54. The number of rotatable bonds is 0. The summed E-state index contributed by atoms with van der Waals surface area (Å²) in [4.78, 5) is 0. The second-order valence-corrected chi connectivity index (χ2v) is 7.98. The van der Waals surface area contributed by atoms with Crippen LogP contribution in [-0.4, -0.2) is 5.11 Å². The Morgan fingerprint density at radius 3 is 2.85 bits per heavy atom. The minimum absolute atomic E-state index is 0.101. The lowest BCUT2D eigenvalue weighted by atomic mass is 9.50. The first-order valence-corrected chi connectivity index (χ1v) is 8.37. The van der Waals surface area contributed by atoms with Gasteiger partial charge in [0, 0.05) is 5.41 Å². The van der Waals surface area contributed by atoms with Gasteiger partial charge < -0.3 is 5.11 Å². The topological polar surface area (TPSA) is 20.2 Å². The molecular weight excluding hydrogens is 244 g/mol. The van der Waals surface area contributed by atoms with Crippen molar-refractivity contribution in [2.45, 2.75) is 58.8 Å². The molecular formula is C19H26O. The first kappa shape index (κ1) is 12.7. The predicted molar refractivity (Wildman–Crippen MR) is 82.4 cm³/mol. The highest BCUT2D eigenvalue weighted by Crippen LogP contribution is 2.62. The van der Waals surface area contributed by atoms with Crippen LogP contribution in [0.5, 0.6) is 0 Å². The molecule has 4 rings (SSSR count). The van der Waals surface area contributed by atoms with Crippen molar-refractivity contribution in [1.82, 2.24) is 0 Å². The van der Waals surface area contributed by atoms with Crippen molar-refractivity contribution in [1.29, 1.82) is 0 Å². The van der Waals surface area contributed by atoms with Crippen molar-refractivity contribution in [2.75, 3.05) is 0 Å². The van der Waals surface area contributed by atoms with E-state index >= 15 is 0 Å². The third-order valence-electron chi connectivity index (χ3n) is 6.88. The van der Waals surface area contributed by atoms with E-state index in [1.54, 1.807) is 5.57 Å². The maximum Gasteiger partial charge on any atom is 0.112 e. The number of hydrogen-bond acceptors (Lipinski definition) is 1. The van der Waals surface area contributed by atoms with E-state index in [9.17, 15) is 5.11 Å². The molecule has 0 aromatic heterocycles. The third-order valence-corrected chi connectivity index (χ3v) is 6.88. The normalized spacial score (nSPS) is 46.6. The summed E-state index contributed by atoms with van der Waals surface area (Å²) in [5, 5.41) is 9.97. The summed E-state index contributed by atoms with van der Waals surface area (Å²) in [6.45, 7) is 4.86. The van der Waals surface area contributed by atoms with Crippen LogP contribution in [0.15, 0.2) is 35.1 Å². The molecule has 0 heterocycles. The van der Waals surface area contributed by atoms with Crippen LogP contribution in [-0.2, 0) is 0 Å². The van der Waals surface area contributed by atoms with Crippen LogP contribution < -0.4 is 0 Å². The Bertz CT molecular complexity index is 538. The Kier molecular flexibility index (Phi) is 2.56. The van der Waals surface area contributed by atoms with Crippen LogP contribution in [0.3, 0.4) is 0 Å². The smallest absolute Gasteiger partial charge is 0.112 e. The second-order valence-electron chi connectivity index (χ2n) is 7.98. The van der Waals surface area contributed by atoms with E-state index in [1.165, 1.54) is 50.5 Å². The molecule has 20 heavy (non-hydrogen) atoms. The highest BCUT2D eigenvalue weighted by Gasteiger charge is 2.51. The number of aliphatic hydroxyl groups is 1. The number of fused-ring (bicyclic) bond motifs is 5. The van der Waals surface area contributed by atoms with E-state index in [4.69, 9.17) is 0 Å². The average molecular weight is 270 g/mol. The lowest BCUT2D eigenvalue weighted by Crippen LogP contribution is -2.44. The van der Waals surface area contributed by atoms with Gasteiger partial charge in [-0.2, -0.15) is 0 Å². The number of aliphatic hydroxyl groups excluding tert-OH is 1. The van der Waals surface area contributed by atoms with Gasteiger partial charge in [0.2, 0.25) is 0 Å². The van der Waals surface area contributed by atoms with Crippen molar-refractivity contribution < 1.29 is 5.11 Å². The lowest BCUT2D eigenvalue weighted by molar-refractivity contribution is 0.0370. The monoisotopic (exact) mass is 270 g/mol. The van der Waals surface area contributed by atoms with Gasteiger partial charge in [0.25, 0.3) is 0 Å². The summed E-state index contributed by atoms with van der Waals surface area (Å²) in [5.74, 6) is 2.12. The Labute approximate surface area is 122 Å². The van der Waals surface area contributed by atoms with Gasteiger partial charge in [-0.05, 0) is 72.7 Å². The Morgan fingerprint density at radius 1 is 1.15 bits per heavy atom. The SMILES string of the molecule is C[C@@]12C=C(O)C=C1C1=CCC3CCCC[C@]3(C)[C@H]1CC2. The van der Waals surface area contributed by atoms with Gasteiger partial charge >= 0.3 is 0 Å². The molecule has 1 nitrogen and oxygen atoms in total. The first-order chi connectivity index (χ1) is 9.53. The van der Waals surface area contributed by atoms with Gasteiger partial charge in [-0.25, -0.2) is 0 Å². The molecule has 4 aliphatic rings. The molecule has 4 aliphatic carbocycles. The van der Waals surface area contributed by atoms with Gasteiger partial charge in [0.15, 0.2) is 0 Å². The van der Waals surface area contributed by atoms with Crippen molar-refractivity contribution in [2.24, 2.45) is 22.7 Å². The minimum atomic E-state index is 0.101. The molecule has 0 bridgehead atoms. The molecule has 0 aliphatic heterocycles. The highest BCUT2D eigenvalue weighted by atomic mass is 16.3. The molecule has 1 heteroatoms. The average Bonchev–Trinajstić information content (AvgIpc) is 2.72. The van der Waals surface area contributed by atoms with E-state index < -0.39 is 0 Å². The molecule has 108 valence electrons. The molecule has 0 amide bonds. The van der Waals surface area contributed by atoms with Crippen molar-refractivity contribution in [3.8, 4) is 0 Å². The third kappa shape index (κ3) is 1.55. The number of hydrogen-bond donors (Lipinski definition) is 1. The first-order valence-electron chi connectivity index (χ1n) is 8.37. The van der Waals surface area contributed by atoms with Gasteiger partial charge in [0.1, 0.15) is 5.76 Å². The Morgan fingerprint density at radius 2 is 2.00 bits per heavy atom. The zero-order valence-electron chi connectivity index (χ0n) is 12.8. The largest absolute Gasteiger partial charge is 0.508 e. The molecule has 4 atom stereocenters. The van der Waals surface area contributed by atoms with Crippen LogP contribution >= 0.6 is 0 Å². The van der Waals surface area contributed by atoms with Crippen molar-refractivity contribution in [3.63, 3.8) is 0 Å². The molecule has 0 radical (unpaired) electrons. The summed E-state index contributed by atoms with van der Waals surface area (Å²) >= 11 is 0. The fraction of sp³-hybridized carbons (Fsp3) is 0.684. The van der Waals surface area contributed by atoms with Crippen LogP contribution in [0.25, 0.3) is 0 Å². The number of allylic oxidation sites excluding steroid dienone is 5. The quantitative estimate of drug-likeness (QED) is 0.632. The fourth-order valence-corrected chi connectivity index (χ4v) is 5.65. The maximum absolute atomic E-state index is 9.97. The summed E-state index contributed by atoms with van der Waals surface area (Å²) in [5.41, 5.74) is 3.63. The van der Waals surface area contributed by atoms with Gasteiger partial charge in [0.05, 0.1) is 0 Å². The Hall–Kier alpha value is -0.980. The van der Waals surface area contributed by atoms with E-state index in [0.717, 1.165) is 11.8 Å². The summed E-state index contributed by atoms with van der Waals surface area (Å²) in [6, 6.07) is 0. The summed E-state index contributed by atoms with van der Waals surface area (Å²) in [7, 11) is 0. The van der Waals surface area contributed by atoms with Gasteiger partial charge in [-0.3, -0.25) is 0 Å². The van der Waals surface area contributed by atoms with Crippen LogP contribution in [0.4, 0.5) is 0 Å². The summed E-state index contributed by atoms with van der Waals surface area (Å²) in [6.07, 6.45) is 16.1.